The molecule has 1 fully saturated rings. The van der Waals surface area contributed by atoms with Crippen LogP contribution in [0.3, 0.4) is 0 Å². The van der Waals surface area contributed by atoms with Gasteiger partial charge in [-0.05, 0) is 81.3 Å². The highest BCUT2D eigenvalue weighted by Crippen LogP contribution is 2.37. The van der Waals surface area contributed by atoms with Crippen molar-refractivity contribution >= 4 is 16.9 Å². The van der Waals surface area contributed by atoms with Gasteiger partial charge in [-0.2, -0.15) is 0 Å². The summed E-state index contributed by atoms with van der Waals surface area (Å²) in [5.41, 5.74) is 1.79. The second-order valence-corrected chi connectivity index (χ2v) is 10.9. The van der Waals surface area contributed by atoms with Crippen molar-refractivity contribution in [3.63, 3.8) is 0 Å². The SMILES string of the molecule is CCC1(OC(=O)COc2c(C)cc([S+](c3ccccc3)c3ccccc3)cc2C)CCCC1. The molecule has 3 nitrogen and oxygen atoms in total. The van der Waals surface area contributed by atoms with Gasteiger partial charge in [0.2, 0.25) is 0 Å². The lowest BCUT2D eigenvalue weighted by atomic mass is 9.99. The molecule has 0 aliphatic heterocycles. The Kier molecular flexibility index (Phi) is 7.44. The molecule has 1 aliphatic rings. The molecule has 172 valence electrons. The van der Waals surface area contributed by atoms with Crippen molar-refractivity contribution in [3.8, 4) is 5.75 Å². The number of carbonyl (C=O) groups is 1. The van der Waals surface area contributed by atoms with Crippen LogP contribution in [0.25, 0.3) is 0 Å². The highest BCUT2D eigenvalue weighted by molar-refractivity contribution is 7.97. The van der Waals surface area contributed by atoms with E-state index in [0.717, 1.165) is 49.0 Å². The van der Waals surface area contributed by atoms with Crippen LogP contribution < -0.4 is 4.74 Å². The molecule has 0 N–H and O–H groups in total. The molecule has 0 bridgehead atoms. The van der Waals surface area contributed by atoms with Crippen molar-refractivity contribution in [2.24, 2.45) is 0 Å². The van der Waals surface area contributed by atoms with Gasteiger partial charge in [0, 0.05) is 12.1 Å². The van der Waals surface area contributed by atoms with Gasteiger partial charge in [-0.1, -0.05) is 43.3 Å². The molecular weight excluding hydrogens is 428 g/mol. The lowest BCUT2D eigenvalue weighted by Gasteiger charge is -2.27. The average Bonchev–Trinajstić information content (AvgIpc) is 3.29. The zero-order valence-electron chi connectivity index (χ0n) is 19.8. The first-order chi connectivity index (χ1) is 16.0. The highest BCUT2D eigenvalue weighted by Gasteiger charge is 2.36. The normalized spacial score (nSPS) is 14.9. The Hall–Kier alpha value is -2.72. The fourth-order valence-corrected chi connectivity index (χ4v) is 6.99. The second kappa shape index (κ2) is 10.5. The van der Waals surface area contributed by atoms with E-state index in [4.69, 9.17) is 9.47 Å². The number of rotatable bonds is 8. The van der Waals surface area contributed by atoms with Gasteiger partial charge in [0.15, 0.2) is 21.3 Å². The van der Waals surface area contributed by atoms with E-state index in [1.165, 1.54) is 14.7 Å². The number of hydrogen-bond acceptors (Lipinski definition) is 3. The largest absolute Gasteiger partial charge is 0.481 e. The van der Waals surface area contributed by atoms with Crippen LogP contribution in [0.15, 0.2) is 87.5 Å². The molecule has 0 amide bonds. The first-order valence-corrected chi connectivity index (χ1v) is 13.0. The van der Waals surface area contributed by atoms with Gasteiger partial charge in [0.25, 0.3) is 0 Å². The van der Waals surface area contributed by atoms with E-state index in [2.05, 4.69) is 93.6 Å². The van der Waals surface area contributed by atoms with Crippen molar-refractivity contribution in [2.75, 3.05) is 6.61 Å². The van der Waals surface area contributed by atoms with E-state index in [0.29, 0.717) is 0 Å². The summed E-state index contributed by atoms with van der Waals surface area (Å²) in [6.07, 6.45) is 5.05. The van der Waals surface area contributed by atoms with E-state index in [1.54, 1.807) is 0 Å². The first kappa shape index (κ1) is 23.4. The molecule has 1 aliphatic carbocycles. The minimum atomic E-state index is -0.284. The summed E-state index contributed by atoms with van der Waals surface area (Å²) in [4.78, 5) is 16.4. The van der Waals surface area contributed by atoms with Crippen LogP contribution in [0, 0.1) is 13.8 Å². The number of esters is 1. The molecule has 0 heterocycles. The van der Waals surface area contributed by atoms with Crippen molar-refractivity contribution in [1.29, 1.82) is 0 Å². The first-order valence-electron chi connectivity index (χ1n) is 11.8. The Labute approximate surface area is 200 Å². The van der Waals surface area contributed by atoms with Crippen LogP contribution in [0.1, 0.15) is 50.2 Å². The van der Waals surface area contributed by atoms with Crippen LogP contribution in [-0.4, -0.2) is 18.2 Å². The fraction of sp³-hybridized carbons (Fsp3) is 0.345. The average molecular weight is 462 g/mol. The van der Waals surface area contributed by atoms with Gasteiger partial charge in [0.1, 0.15) is 11.4 Å². The van der Waals surface area contributed by atoms with Gasteiger partial charge >= 0.3 is 5.97 Å². The summed E-state index contributed by atoms with van der Waals surface area (Å²) in [7, 11) is -0.214. The molecule has 0 unspecified atom stereocenters. The van der Waals surface area contributed by atoms with E-state index < -0.39 is 0 Å². The summed E-state index contributed by atoms with van der Waals surface area (Å²) in [6, 6.07) is 25.6. The summed E-state index contributed by atoms with van der Waals surface area (Å²) in [5.74, 6) is 0.507. The summed E-state index contributed by atoms with van der Waals surface area (Å²) < 4.78 is 11.9. The Morgan fingerprint density at radius 1 is 0.848 bits per heavy atom. The molecule has 1 saturated carbocycles. The third-order valence-corrected chi connectivity index (χ3v) is 8.65. The van der Waals surface area contributed by atoms with Crippen molar-refractivity contribution in [2.45, 2.75) is 73.2 Å². The molecule has 3 aromatic carbocycles. The molecule has 33 heavy (non-hydrogen) atoms. The van der Waals surface area contributed by atoms with E-state index >= 15 is 0 Å². The summed E-state index contributed by atoms with van der Waals surface area (Å²) in [5, 5.41) is 0. The van der Waals surface area contributed by atoms with Crippen molar-refractivity contribution < 1.29 is 14.3 Å². The molecule has 0 spiro atoms. The lowest BCUT2D eigenvalue weighted by molar-refractivity contribution is -0.162. The summed E-state index contributed by atoms with van der Waals surface area (Å²) >= 11 is 0. The van der Waals surface area contributed by atoms with E-state index in [-0.39, 0.29) is 29.1 Å². The van der Waals surface area contributed by atoms with Crippen LogP contribution in [0.4, 0.5) is 0 Å². The zero-order valence-corrected chi connectivity index (χ0v) is 20.6. The molecule has 0 saturated heterocycles. The maximum absolute atomic E-state index is 12.6. The summed E-state index contributed by atoms with van der Waals surface area (Å²) in [6.45, 7) is 6.16. The fourth-order valence-electron chi connectivity index (χ4n) is 4.73. The standard InChI is InChI=1S/C29H33O3S/c1-4-29(17-11-12-18-29)32-27(30)21-31-28-22(2)19-26(20-23(28)3)33(24-13-7-5-8-14-24)25-15-9-6-10-16-25/h5-10,13-16,19-20H,4,11-12,17-18,21H2,1-3H3/q+1. The Balaban J connectivity index is 1.55. The van der Waals surface area contributed by atoms with Gasteiger partial charge in [-0.3, -0.25) is 0 Å². The third-order valence-electron chi connectivity index (χ3n) is 6.45. The Bertz CT molecular complexity index is 1010. The van der Waals surface area contributed by atoms with E-state index in [1.807, 2.05) is 0 Å². The van der Waals surface area contributed by atoms with Gasteiger partial charge in [-0.25, -0.2) is 4.79 Å². The zero-order chi connectivity index (χ0) is 23.3. The van der Waals surface area contributed by atoms with E-state index in [9.17, 15) is 4.79 Å². The minimum Gasteiger partial charge on any atom is -0.481 e. The molecule has 0 radical (unpaired) electrons. The molecule has 0 atom stereocenters. The predicted octanol–water partition coefficient (Wildman–Crippen LogP) is 7.04. The quantitative estimate of drug-likeness (QED) is 0.266. The van der Waals surface area contributed by atoms with Crippen LogP contribution in [0.5, 0.6) is 5.75 Å². The topological polar surface area (TPSA) is 35.5 Å². The molecule has 4 rings (SSSR count). The number of carbonyl (C=O) groups excluding carboxylic acids is 1. The van der Waals surface area contributed by atoms with Crippen LogP contribution in [-0.2, 0) is 20.4 Å². The number of aryl methyl sites for hydroxylation is 2. The Morgan fingerprint density at radius 2 is 1.36 bits per heavy atom. The lowest BCUT2D eigenvalue weighted by Crippen LogP contribution is -2.33. The number of benzene rings is 3. The van der Waals surface area contributed by atoms with Gasteiger partial charge in [0.05, 0.1) is 10.9 Å². The maximum Gasteiger partial charge on any atom is 0.344 e. The van der Waals surface area contributed by atoms with Crippen molar-refractivity contribution in [1.82, 2.24) is 0 Å². The van der Waals surface area contributed by atoms with Crippen LogP contribution >= 0.6 is 0 Å². The van der Waals surface area contributed by atoms with Crippen LogP contribution in [0.2, 0.25) is 0 Å². The minimum absolute atomic E-state index is 0.0497. The third kappa shape index (κ3) is 5.44. The molecule has 4 heteroatoms. The predicted molar refractivity (Wildman–Crippen MR) is 134 cm³/mol. The molecule has 3 aromatic rings. The second-order valence-electron chi connectivity index (χ2n) is 8.82. The molecular formula is C29H33O3S+. The number of ether oxygens (including phenoxy) is 2. The van der Waals surface area contributed by atoms with Crippen molar-refractivity contribution in [3.05, 3.63) is 83.9 Å². The van der Waals surface area contributed by atoms with Gasteiger partial charge in [-0.15, -0.1) is 0 Å². The Morgan fingerprint density at radius 3 is 1.85 bits per heavy atom. The maximum atomic E-state index is 12.6. The van der Waals surface area contributed by atoms with Gasteiger partial charge < -0.3 is 9.47 Å². The highest BCUT2D eigenvalue weighted by atomic mass is 32.2. The number of hydrogen-bond donors (Lipinski definition) is 0. The monoisotopic (exact) mass is 461 g/mol. The smallest absolute Gasteiger partial charge is 0.344 e. The molecule has 0 aromatic heterocycles.